The molecule has 1 saturated heterocycles. The molecule has 1 amide bonds. The van der Waals surface area contributed by atoms with Gasteiger partial charge in [0.1, 0.15) is 11.6 Å². The summed E-state index contributed by atoms with van der Waals surface area (Å²) < 4.78 is 4.97. The molecule has 31 heavy (non-hydrogen) atoms. The first-order valence-corrected chi connectivity index (χ1v) is 11.6. The largest absolute Gasteiger partial charge is 0.507 e. The van der Waals surface area contributed by atoms with Crippen LogP contribution in [0.1, 0.15) is 49.7 Å². The first-order valence-electron chi connectivity index (χ1n) is 11.6. The predicted octanol–water partition coefficient (Wildman–Crippen LogP) is 2.75. The number of methoxy groups -OCH3 is 1. The summed E-state index contributed by atoms with van der Waals surface area (Å²) in [4.78, 5) is 16.4. The van der Waals surface area contributed by atoms with E-state index < -0.39 is 0 Å². The Bertz CT molecular complexity index is 738. The van der Waals surface area contributed by atoms with Crippen LogP contribution in [0.2, 0.25) is 0 Å². The van der Waals surface area contributed by atoms with E-state index in [1.807, 2.05) is 19.1 Å². The summed E-state index contributed by atoms with van der Waals surface area (Å²) in [6.45, 7) is 7.10. The number of rotatable bonds is 8. The zero-order valence-electron chi connectivity index (χ0n) is 19.0. The van der Waals surface area contributed by atoms with Crippen LogP contribution in [0.5, 0.6) is 5.75 Å². The summed E-state index contributed by atoms with van der Waals surface area (Å²) in [6.07, 6.45) is 6.19. The highest BCUT2D eigenvalue weighted by Gasteiger charge is 2.25. The second kappa shape index (κ2) is 11.5. The van der Waals surface area contributed by atoms with Gasteiger partial charge < -0.3 is 20.1 Å². The number of phenolic OH excluding ortho intramolecular Hbond substituents is 1. The number of nitrogens with one attached hydrogen (secondary N) is 2. The number of carbonyl (C=O) groups is 1. The van der Waals surface area contributed by atoms with Gasteiger partial charge in [0.15, 0.2) is 0 Å². The first-order chi connectivity index (χ1) is 15.0. The second-order valence-electron chi connectivity index (χ2n) is 9.01. The van der Waals surface area contributed by atoms with Gasteiger partial charge in [0, 0.05) is 45.8 Å². The van der Waals surface area contributed by atoms with Crippen LogP contribution >= 0.6 is 0 Å². The third kappa shape index (κ3) is 6.94. The van der Waals surface area contributed by atoms with E-state index in [0.29, 0.717) is 30.5 Å². The molecule has 0 bridgehead atoms. The van der Waals surface area contributed by atoms with Crippen LogP contribution in [0.3, 0.4) is 0 Å². The van der Waals surface area contributed by atoms with Crippen molar-refractivity contribution < 1.29 is 14.6 Å². The number of phenols is 1. The zero-order valence-corrected chi connectivity index (χ0v) is 19.0. The predicted molar refractivity (Wildman–Crippen MR) is 123 cm³/mol. The van der Waals surface area contributed by atoms with E-state index in [4.69, 9.17) is 10.1 Å². The third-order valence-electron chi connectivity index (χ3n) is 6.70. The van der Waals surface area contributed by atoms with Crippen molar-refractivity contribution in [1.82, 2.24) is 15.1 Å². The lowest BCUT2D eigenvalue weighted by Crippen LogP contribution is -2.49. The Morgan fingerprint density at radius 1 is 1.19 bits per heavy atom. The maximum atomic E-state index is 11.9. The molecule has 7 heteroatoms. The molecule has 2 fully saturated rings. The standard InChI is InChI=1S/C24H38N4O3/c1-18-3-8-21(22(29)17-18)24(25)28-14-12-27(13-15-28)11-9-19-4-6-20(7-5-19)26-23(30)10-16-31-2/h3,8,17,19-20,25,29H,4-7,9-16H2,1-2H3,(H,26,30). The molecule has 2 aliphatic rings. The number of aromatic hydroxyl groups is 1. The lowest BCUT2D eigenvalue weighted by Gasteiger charge is -2.37. The molecule has 0 radical (unpaired) electrons. The van der Waals surface area contributed by atoms with Gasteiger partial charge in [-0.3, -0.25) is 15.1 Å². The summed E-state index contributed by atoms with van der Waals surface area (Å²) in [7, 11) is 1.62. The zero-order chi connectivity index (χ0) is 22.2. The van der Waals surface area contributed by atoms with Crippen molar-refractivity contribution in [3.63, 3.8) is 0 Å². The Morgan fingerprint density at radius 3 is 2.55 bits per heavy atom. The number of hydrogen-bond acceptors (Lipinski definition) is 5. The van der Waals surface area contributed by atoms with Crippen LogP contribution in [0.15, 0.2) is 18.2 Å². The number of amidine groups is 1. The normalized spacial score (nSPS) is 22.3. The van der Waals surface area contributed by atoms with Crippen LogP contribution < -0.4 is 5.32 Å². The SMILES string of the molecule is COCCC(=O)NC1CCC(CCN2CCN(C(=N)c3ccc(C)cc3O)CC2)CC1. The fourth-order valence-electron chi connectivity index (χ4n) is 4.66. The minimum atomic E-state index is 0.104. The quantitative estimate of drug-likeness (QED) is 0.436. The maximum absolute atomic E-state index is 11.9. The van der Waals surface area contributed by atoms with E-state index >= 15 is 0 Å². The summed E-state index contributed by atoms with van der Waals surface area (Å²) in [6, 6.07) is 5.84. The number of nitrogens with zero attached hydrogens (tertiary/aromatic N) is 2. The van der Waals surface area contributed by atoms with Crippen molar-refractivity contribution in [2.75, 3.05) is 46.4 Å². The molecule has 1 heterocycles. The summed E-state index contributed by atoms with van der Waals surface area (Å²) in [5, 5.41) is 21.8. The van der Waals surface area contributed by atoms with E-state index in [-0.39, 0.29) is 11.7 Å². The summed E-state index contributed by atoms with van der Waals surface area (Å²) in [5.74, 6) is 1.46. The Balaban J connectivity index is 1.34. The van der Waals surface area contributed by atoms with E-state index in [2.05, 4.69) is 15.1 Å². The highest BCUT2D eigenvalue weighted by Crippen LogP contribution is 2.27. The molecular weight excluding hydrogens is 392 g/mol. The Kier molecular flexibility index (Phi) is 8.72. The lowest BCUT2D eigenvalue weighted by atomic mass is 9.84. The summed E-state index contributed by atoms with van der Waals surface area (Å²) >= 11 is 0. The number of ether oxygens (including phenoxy) is 1. The number of carbonyl (C=O) groups excluding carboxylic acids is 1. The molecule has 0 unspecified atom stereocenters. The van der Waals surface area contributed by atoms with E-state index in [1.54, 1.807) is 13.2 Å². The average molecular weight is 431 g/mol. The Labute approximate surface area is 186 Å². The van der Waals surface area contributed by atoms with Crippen LogP contribution in [0.25, 0.3) is 0 Å². The van der Waals surface area contributed by atoms with Gasteiger partial charge >= 0.3 is 0 Å². The molecule has 1 aromatic rings. The average Bonchev–Trinajstić information content (AvgIpc) is 2.77. The van der Waals surface area contributed by atoms with Crippen molar-refractivity contribution in [2.24, 2.45) is 5.92 Å². The molecule has 1 aliphatic carbocycles. The molecule has 3 N–H and O–H groups in total. The van der Waals surface area contributed by atoms with Crippen LogP contribution in [-0.2, 0) is 9.53 Å². The van der Waals surface area contributed by atoms with Gasteiger partial charge in [0.2, 0.25) is 5.91 Å². The summed E-state index contributed by atoms with van der Waals surface area (Å²) in [5.41, 5.74) is 1.62. The van der Waals surface area contributed by atoms with Gasteiger partial charge in [-0.15, -0.1) is 0 Å². The molecular formula is C24H38N4O3. The van der Waals surface area contributed by atoms with Gasteiger partial charge in [-0.25, -0.2) is 0 Å². The van der Waals surface area contributed by atoms with Crippen molar-refractivity contribution in [1.29, 1.82) is 5.41 Å². The van der Waals surface area contributed by atoms with E-state index in [1.165, 1.54) is 19.3 Å². The van der Waals surface area contributed by atoms with Crippen LogP contribution in [0, 0.1) is 18.3 Å². The minimum absolute atomic E-state index is 0.104. The topological polar surface area (TPSA) is 88.9 Å². The Morgan fingerprint density at radius 2 is 1.90 bits per heavy atom. The fourth-order valence-corrected chi connectivity index (χ4v) is 4.66. The number of hydrogen-bond donors (Lipinski definition) is 3. The highest BCUT2D eigenvalue weighted by atomic mass is 16.5. The number of aryl methyl sites for hydroxylation is 1. The maximum Gasteiger partial charge on any atom is 0.222 e. The van der Waals surface area contributed by atoms with Gasteiger partial charge in [-0.1, -0.05) is 6.07 Å². The molecule has 0 atom stereocenters. The van der Waals surface area contributed by atoms with Crippen LogP contribution in [0.4, 0.5) is 0 Å². The lowest BCUT2D eigenvalue weighted by molar-refractivity contribution is -0.122. The van der Waals surface area contributed by atoms with Crippen LogP contribution in [-0.4, -0.2) is 79.1 Å². The molecule has 0 aromatic heterocycles. The molecule has 0 spiro atoms. The number of benzene rings is 1. The number of piperazine rings is 1. The molecule has 3 rings (SSSR count). The van der Waals surface area contributed by atoms with Crippen molar-refractivity contribution in [3.8, 4) is 5.75 Å². The van der Waals surface area contributed by atoms with E-state index in [0.717, 1.165) is 57.0 Å². The second-order valence-corrected chi connectivity index (χ2v) is 9.01. The van der Waals surface area contributed by atoms with Gasteiger partial charge in [-0.2, -0.15) is 0 Å². The Hall–Kier alpha value is -2.12. The molecule has 1 aromatic carbocycles. The molecule has 1 saturated carbocycles. The fraction of sp³-hybridized carbons (Fsp3) is 0.667. The first kappa shape index (κ1) is 23.5. The van der Waals surface area contributed by atoms with Crippen molar-refractivity contribution >= 4 is 11.7 Å². The van der Waals surface area contributed by atoms with E-state index in [9.17, 15) is 9.90 Å². The minimum Gasteiger partial charge on any atom is -0.507 e. The molecule has 1 aliphatic heterocycles. The van der Waals surface area contributed by atoms with Crippen molar-refractivity contribution in [3.05, 3.63) is 29.3 Å². The third-order valence-corrected chi connectivity index (χ3v) is 6.70. The number of amides is 1. The van der Waals surface area contributed by atoms with Gasteiger partial charge in [0.25, 0.3) is 0 Å². The smallest absolute Gasteiger partial charge is 0.222 e. The molecule has 7 nitrogen and oxygen atoms in total. The van der Waals surface area contributed by atoms with Crippen molar-refractivity contribution in [2.45, 2.75) is 51.5 Å². The molecule has 172 valence electrons. The monoisotopic (exact) mass is 430 g/mol. The highest BCUT2D eigenvalue weighted by molar-refractivity contribution is 5.99. The van der Waals surface area contributed by atoms with Gasteiger partial charge in [-0.05, 0) is 69.2 Å². The van der Waals surface area contributed by atoms with Gasteiger partial charge in [0.05, 0.1) is 12.2 Å².